The number of aromatic nitrogens is 5. The third-order valence-electron chi connectivity index (χ3n) is 6.44. The van der Waals surface area contributed by atoms with Gasteiger partial charge in [-0.15, -0.1) is 10.2 Å². The summed E-state index contributed by atoms with van der Waals surface area (Å²) in [4.78, 5) is 13.1. The van der Waals surface area contributed by atoms with Gasteiger partial charge in [-0.3, -0.25) is 9.29 Å². The number of para-hydroxylation sites is 1. The number of hydrogen-bond donors (Lipinski definition) is 2. The molecule has 0 spiro atoms. The second-order valence-electron chi connectivity index (χ2n) is 9.22. The molecule has 3 heterocycles. The summed E-state index contributed by atoms with van der Waals surface area (Å²) in [6.45, 7) is 5.16. The standard InChI is InChI=1S/C25H32N8O5S/c1-15-13-27-22(28-14-15)20(26)16(2)39(34,35)32-24-31-30-23(25(3)12-8-11-19(29-25)38-6)33(24)21-17(36-4)9-7-10-18(21)37-5/h7-11,13-14,16,20H,12,26H2,1-6H3,(H,31,32)/t16-,20+,25?/m1/s1. The highest BCUT2D eigenvalue weighted by Crippen LogP contribution is 2.40. The van der Waals surface area contributed by atoms with Gasteiger partial charge in [0.25, 0.3) is 0 Å². The minimum absolute atomic E-state index is 0.0957. The van der Waals surface area contributed by atoms with Crippen LogP contribution in [0.2, 0.25) is 0 Å². The minimum Gasteiger partial charge on any atom is -0.494 e. The van der Waals surface area contributed by atoms with E-state index in [1.54, 1.807) is 36.7 Å². The Balaban J connectivity index is 1.85. The Hall–Kier alpha value is -4.04. The van der Waals surface area contributed by atoms with Gasteiger partial charge in [0.2, 0.25) is 21.9 Å². The summed E-state index contributed by atoms with van der Waals surface area (Å²) >= 11 is 0. The van der Waals surface area contributed by atoms with E-state index in [0.717, 1.165) is 5.56 Å². The van der Waals surface area contributed by atoms with Crippen LogP contribution in [0.1, 0.15) is 43.5 Å². The maximum absolute atomic E-state index is 13.6. The van der Waals surface area contributed by atoms with Crippen LogP contribution >= 0.6 is 0 Å². The van der Waals surface area contributed by atoms with Crippen molar-refractivity contribution in [2.45, 2.75) is 44.0 Å². The molecule has 1 aliphatic heterocycles. The van der Waals surface area contributed by atoms with Gasteiger partial charge in [-0.2, -0.15) is 0 Å². The monoisotopic (exact) mass is 556 g/mol. The van der Waals surface area contributed by atoms with Gasteiger partial charge in [0.15, 0.2) is 5.82 Å². The SMILES string of the molecule is COC1=NC(C)(c2nnc(NS(=O)(=O)[C@H](C)[C@H](N)c3ncc(C)cn3)n2-c2c(OC)cccc2OC)CC=C1. The van der Waals surface area contributed by atoms with E-state index in [1.165, 1.54) is 32.8 Å². The summed E-state index contributed by atoms with van der Waals surface area (Å²) in [5.74, 6) is 1.64. The van der Waals surface area contributed by atoms with E-state index in [1.807, 2.05) is 19.9 Å². The molecule has 2 aromatic heterocycles. The van der Waals surface area contributed by atoms with Crippen molar-refractivity contribution in [1.82, 2.24) is 24.7 Å². The molecule has 3 atom stereocenters. The number of dihydropyridines is 1. The minimum atomic E-state index is -4.13. The zero-order valence-corrected chi connectivity index (χ0v) is 23.4. The molecule has 0 amide bonds. The first-order valence-electron chi connectivity index (χ1n) is 12.1. The second kappa shape index (κ2) is 11.0. The molecule has 1 aliphatic rings. The number of sulfonamides is 1. The molecule has 1 aromatic carbocycles. The molecular formula is C25H32N8O5S. The highest BCUT2D eigenvalue weighted by molar-refractivity contribution is 7.93. The molecule has 0 aliphatic carbocycles. The molecule has 0 fully saturated rings. The second-order valence-corrected chi connectivity index (χ2v) is 11.3. The number of anilines is 1. The third-order valence-corrected chi connectivity index (χ3v) is 8.18. The Morgan fingerprint density at radius 3 is 2.31 bits per heavy atom. The van der Waals surface area contributed by atoms with Gasteiger partial charge in [0, 0.05) is 12.4 Å². The predicted octanol–water partition coefficient (Wildman–Crippen LogP) is 2.43. The lowest BCUT2D eigenvalue weighted by Crippen LogP contribution is -2.37. The predicted molar refractivity (Wildman–Crippen MR) is 146 cm³/mol. The molecule has 14 heteroatoms. The third kappa shape index (κ3) is 5.43. The zero-order valence-electron chi connectivity index (χ0n) is 22.6. The Kier molecular flexibility index (Phi) is 7.88. The first kappa shape index (κ1) is 28.0. The van der Waals surface area contributed by atoms with Crippen molar-refractivity contribution in [2.75, 3.05) is 26.1 Å². The number of hydrogen-bond acceptors (Lipinski definition) is 11. The highest BCUT2D eigenvalue weighted by atomic mass is 32.2. The van der Waals surface area contributed by atoms with E-state index >= 15 is 0 Å². The topological polar surface area (TPSA) is 169 Å². The van der Waals surface area contributed by atoms with Crippen molar-refractivity contribution < 1.29 is 22.6 Å². The normalized spacial score (nSPS) is 18.7. The summed E-state index contributed by atoms with van der Waals surface area (Å²) in [5, 5.41) is 7.49. The fourth-order valence-electron chi connectivity index (χ4n) is 4.13. The molecule has 3 N–H and O–H groups in total. The number of benzene rings is 1. The van der Waals surface area contributed by atoms with E-state index in [2.05, 4.69) is 24.9 Å². The van der Waals surface area contributed by atoms with Gasteiger partial charge < -0.3 is 19.9 Å². The van der Waals surface area contributed by atoms with Crippen molar-refractivity contribution in [3.05, 3.63) is 60.0 Å². The van der Waals surface area contributed by atoms with Gasteiger partial charge in [0.1, 0.15) is 28.5 Å². The average Bonchev–Trinajstić information content (AvgIpc) is 3.35. The lowest BCUT2D eigenvalue weighted by atomic mass is 9.95. The summed E-state index contributed by atoms with van der Waals surface area (Å²) in [6, 6.07) is 4.19. The van der Waals surface area contributed by atoms with Gasteiger partial charge in [-0.25, -0.2) is 23.4 Å². The Morgan fingerprint density at radius 1 is 1.08 bits per heavy atom. The molecule has 208 valence electrons. The van der Waals surface area contributed by atoms with Crippen LogP contribution in [0.4, 0.5) is 5.95 Å². The summed E-state index contributed by atoms with van der Waals surface area (Å²) in [6.07, 6.45) is 7.27. The van der Waals surface area contributed by atoms with Gasteiger partial charge >= 0.3 is 0 Å². The molecule has 4 rings (SSSR count). The smallest absolute Gasteiger partial charge is 0.243 e. The van der Waals surface area contributed by atoms with Crippen molar-refractivity contribution in [3.8, 4) is 17.2 Å². The van der Waals surface area contributed by atoms with Gasteiger partial charge in [-0.05, 0) is 51.0 Å². The van der Waals surface area contributed by atoms with E-state index in [0.29, 0.717) is 35.3 Å². The molecule has 0 radical (unpaired) electrons. The van der Waals surface area contributed by atoms with E-state index in [9.17, 15) is 8.42 Å². The van der Waals surface area contributed by atoms with Crippen molar-refractivity contribution in [1.29, 1.82) is 0 Å². The maximum Gasteiger partial charge on any atom is 0.243 e. The zero-order chi connectivity index (χ0) is 28.4. The number of ether oxygens (including phenoxy) is 3. The van der Waals surface area contributed by atoms with Crippen LogP contribution in [-0.4, -0.2) is 65.6 Å². The lowest BCUT2D eigenvalue weighted by molar-refractivity contribution is 0.370. The number of nitrogens with one attached hydrogen (secondary N) is 1. The van der Waals surface area contributed by atoms with Gasteiger partial charge in [0.05, 0.1) is 32.6 Å². The lowest BCUT2D eigenvalue weighted by Gasteiger charge is -2.28. The molecule has 13 nitrogen and oxygen atoms in total. The van der Waals surface area contributed by atoms with Crippen molar-refractivity contribution >= 4 is 21.9 Å². The van der Waals surface area contributed by atoms with Crippen LogP contribution in [0, 0.1) is 6.92 Å². The van der Waals surface area contributed by atoms with Crippen LogP contribution in [0.5, 0.6) is 11.5 Å². The fourth-order valence-corrected chi connectivity index (χ4v) is 5.21. The van der Waals surface area contributed by atoms with Crippen LogP contribution in [0.15, 0.2) is 47.7 Å². The first-order valence-corrected chi connectivity index (χ1v) is 13.6. The number of nitrogens with two attached hydrogens (primary N) is 1. The molecule has 0 bridgehead atoms. The number of aliphatic imine (C=N–C) groups is 1. The summed E-state index contributed by atoms with van der Waals surface area (Å²) < 4.78 is 47.9. The molecule has 39 heavy (non-hydrogen) atoms. The van der Waals surface area contributed by atoms with Crippen LogP contribution in [-0.2, 0) is 20.3 Å². The van der Waals surface area contributed by atoms with Crippen molar-refractivity contribution in [2.24, 2.45) is 10.7 Å². The Labute approximate surface area is 227 Å². The van der Waals surface area contributed by atoms with Crippen LogP contribution < -0.4 is 19.9 Å². The largest absolute Gasteiger partial charge is 0.494 e. The molecule has 3 aromatic rings. The first-order chi connectivity index (χ1) is 18.5. The van der Waals surface area contributed by atoms with E-state index in [-0.39, 0.29) is 11.8 Å². The number of nitrogens with zero attached hydrogens (tertiary/aromatic N) is 6. The Bertz CT molecular complexity index is 1480. The molecular weight excluding hydrogens is 524 g/mol. The highest BCUT2D eigenvalue weighted by Gasteiger charge is 2.38. The fraction of sp³-hybridized carbons (Fsp3) is 0.400. The van der Waals surface area contributed by atoms with Gasteiger partial charge in [-0.1, -0.05) is 12.1 Å². The number of rotatable bonds is 9. The molecule has 0 saturated carbocycles. The molecule has 0 saturated heterocycles. The average molecular weight is 557 g/mol. The summed E-state index contributed by atoms with van der Waals surface area (Å²) in [5.41, 5.74) is 6.54. The van der Waals surface area contributed by atoms with E-state index < -0.39 is 26.9 Å². The van der Waals surface area contributed by atoms with Crippen LogP contribution in [0.25, 0.3) is 5.69 Å². The molecule has 1 unspecified atom stereocenters. The van der Waals surface area contributed by atoms with Crippen molar-refractivity contribution in [3.63, 3.8) is 0 Å². The van der Waals surface area contributed by atoms with E-state index in [4.69, 9.17) is 24.9 Å². The quantitative estimate of drug-likeness (QED) is 0.399. The summed E-state index contributed by atoms with van der Waals surface area (Å²) in [7, 11) is 0.393. The number of methoxy groups -OCH3 is 3. The van der Waals surface area contributed by atoms with Crippen LogP contribution in [0.3, 0.4) is 0 Å². The number of aryl methyl sites for hydroxylation is 1. The maximum atomic E-state index is 13.6. The Morgan fingerprint density at radius 2 is 1.72 bits per heavy atom.